The highest BCUT2D eigenvalue weighted by molar-refractivity contribution is 5.04. The van der Waals surface area contributed by atoms with Crippen LogP contribution < -0.4 is 5.32 Å². The Morgan fingerprint density at radius 1 is 1.28 bits per heavy atom. The van der Waals surface area contributed by atoms with Gasteiger partial charge >= 0.3 is 0 Å². The maximum atomic E-state index is 3.84. The second kappa shape index (κ2) is 4.79. The van der Waals surface area contributed by atoms with E-state index in [0.29, 0.717) is 5.54 Å². The molecule has 2 nitrogen and oxygen atoms in total. The molecule has 3 fully saturated rings. The Hall–Kier alpha value is -0.0800. The smallest absolute Gasteiger partial charge is 0.0309 e. The van der Waals surface area contributed by atoms with Crippen LogP contribution in [0.1, 0.15) is 59.3 Å². The van der Waals surface area contributed by atoms with Gasteiger partial charge in [-0.25, -0.2) is 0 Å². The van der Waals surface area contributed by atoms with E-state index in [1.54, 1.807) is 0 Å². The molecule has 3 atom stereocenters. The van der Waals surface area contributed by atoms with Crippen molar-refractivity contribution in [2.45, 2.75) is 76.9 Å². The quantitative estimate of drug-likeness (QED) is 0.807. The SMILES string of the molecule is CCC(CC1CC1)N1CC(C)(C2CC2)NCC1C. The molecular weight excluding hydrogens is 220 g/mol. The monoisotopic (exact) mass is 250 g/mol. The van der Waals surface area contributed by atoms with Crippen molar-refractivity contribution in [3.05, 3.63) is 0 Å². The molecule has 1 N–H and O–H groups in total. The normalized spacial score (nSPS) is 39.8. The lowest BCUT2D eigenvalue weighted by molar-refractivity contribution is 0.0390. The van der Waals surface area contributed by atoms with Crippen LogP contribution in [0.5, 0.6) is 0 Å². The molecule has 0 aromatic heterocycles. The zero-order chi connectivity index (χ0) is 12.8. The summed E-state index contributed by atoms with van der Waals surface area (Å²) in [4.78, 5) is 2.84. The number of rotatable bonds is 5. The van der Waals surface area contributed by atoms with E-state index in [9.17, 15) is 0 Å². The van der Waals surface area contributed by atoms with Crippen molar-refractivity contribution < 1.29 is 0 Å². The van der Waals surface area contributed by atoms with E-state index in [0.717, 1.165) is 23.9 Å². The molecule has 2 heteroatoms. The van der Waals surface area contributed by atoms with Crippen molar-refractivity contribution in [3.63, 3.8) is 0 Å². The van der Waals surface area contributed by atoms with Crippen molar-refractivity contribution in [2.75, 3.05) is 13.1 Å². The molecule has 0 spiro atoms. The van der Waals surface area contributed by atoms with Crippen LogP contribution in [-0.2, 0) is 0 Å². The number of nitrogens with one attached hydrogen (secondary N) is 1. The van der Waals surface area contributed by atoms with Crippen LogP contribution in [0, 0.1) is 11.8 Å². The van der Waals surface area contributed by atoms with Gasteiger partial charge in [0.1, 0.15) is 0 Å². The van der Waals surface area contributed by atoms with E-state index in [1.807, 2.05) is 0 Å². The standard InChI is InChI=1S/C16H30N2/c1-4-15(9-13-5-6-13)18-11-16(3,14-7-8-14)17-10-12(18)2/h12-15,17H,4-11H2,1-3H3. The number of piperazine rings is 1. The third kappa shape index (κ3) is 2.60. The Morgan fingerprint density at radius 2 is 2.00 bits per heavy atom. The highest BCUT2D eigenvalue weighted by atomic mass is 15.3. The maximum absolute atomic E-state index is 3.84. The Balaban J connectivity index is 1.66. The van der Waals surface area contributed by atoms with Crippen LogP contribution in [0.15, 0.2) is 0 Å². The molecule has 18 heavy (non-hydrogen) atoms. The summed E-state index contributed by atoms with van der Waals surface area (Å²) < 4.78 is 0. The molecule has 0 amide bonds. The minimum absolute atomic E-state index is 0.406. The van der Waals surface area contributed by atoms with Crippen LogP contribution in [0.25, 0.3) is 0 Å². The van der Waals surface area contributed by atoms with Gasteiger partial charge in [0.25, 0.3) is 0 Å². The Labute approximate surface area is 113 Å². The van der Waals surface area contributed by atoms with E-state index >= 15 is 0 Å². The van der Waals surface area contributed by atoms with Gasteiger partial charge in [0.2, 0.25) is 0 Å². The van der Waals surface area contributed by atoms with Gasteiger partial charge in [0, 0.05) is 30.7 Å². The molecule has 1 saturated heterocycles. The molecule has 0 radical (unpaired) electrons. The first-order valence-electron chi connectivity index (χ1n) is 8.13. The summed E-state index contributed by atoms with van der Waals surface area (Å²) in [6, 6.07) is 1.56. The molecule has 0 bridgehead atoms. The van der Waals surface area contributed by atoms with E-state index in [4.69, 9.17) is 0 Å². The van der Waals surface area contributed by atoms with E-state index in [-0.39, 0.29) is 0 Å². The lowest BCUT2D eigenvalue weighted by Crippen LogP contribution is -2.65. The van der Waals surface area contributed by atoms with Crippen LogP contribution in [0.3, 0.4) is 0 Å². The summed E-state index contributed by atoms with van der Waals surface area (Å²) in [6.45, 7) is 9.73. The molecule has 1 aliphatic heterocycles. The Kier molecular flexibility index (Phi) is 3.44. The minimum atomic E-state index is 0.406. The molecular formula is C16H30N2. The van der Waals surface area contributed by atoms with Gasteiger partial charge in [0.05, 0.1) is 0 Å². The Morgan fingerprint density at radius 3 is 2.56 bits per heavy atom. The minimum Gasteiger partial charge on any atom is -0.308 e. The lowest BCUT2D eigenvalue weighted by atomic mass is 9.89. The zero-order valence-corrected chi connectivity index (χ0v) is 12.4. The molecule has 1 heterocycles. The van der Waals surface area contributed by atoms with Crippen molar-refractivity contribution in [1.29, 1.82) is 0 Å². The summed E-state index contributed by atoms with van der Waals surface area (Å²) in [7, 11) is 0. The molecule has 0 aromatic rings. The van der Waals surface area contributed by atoms with Gasteiger partial charge in [0.15, 0.2) is 0 Å². The fourth-order valence-corrected chi connectivity index (χ4v) is 3.85. The Bertz CT molecular complexity index is 295. The first kappa shape index (κ1) is 12.9. The molecule has 0 aromatic carbocycles. The molecule has 3 unspecified atom stereocenters. The second-order valence-electron chi connectivity index (χ2n) is 7.34. The third-order valence-electron chi connectivity index (χ3n) is 5.60. The highest BCUT2D eigenvalue weighted by Gasteiger charge is 2.46. The first-order chi connectivity index (χ1) is 8.62. The summed E-state index contributed by atoms with van der Waals surface area (Å²) in [5.74, 6) is 2.01. The van der Waals surface area contributed by atoms with Gasteiger partial charge < -0.3 is 5.32 Å². The van der Waals surface area contributed by atoms with Crippen LogP contribution in [0.2, 0.25) is 0 Å². The van der Waals surface area contributed by atoms with Gasteiger partial charge in [-0.05, 0) is 51.4 Å². The molecule has 3 rings (SSSR count). The fourth-order valence-electron chi connectivity index (χ4n) is 3.85. The van der Waals surface area contributed by atoms with Gasteiger partial charge in [-0.15, -0.1) is 0 Å². The molecule has 2 saturated carbocycles. The topological polar surface area (TPSA) is 15.3 Å². The van der Waals surface area contributed by atoms with E-state index in [1.165, 1.54) is 51.6 Å². The van der Waals surface area contributed by atoms with E-state index < -0.39 is 0 Å². The average molecular weight is 250 g/mol. The van der Waals surface area contributed by atoms with Crippen LogP contribution in [0.4, 0.5) is 0 Å². The van der Waals surface area contributed by atoms with Gasteiger partial charge in [-0.1, -0.05) is 19.8 Å². The summed E-state index contributed by atoms with van der Waals surface area (Å²) >= 11 is 0. The van der Waals surface area contributed by atoms with Gasteiger partial charge in [-0.3, -0.25) is 4.90 Å². The molecule has 104 valence electrons. The van der Waals surface area contributed by atoms with Crippen LogP contribution in [-0.4, -0.2) is 35.6 Å². The van der Waals surface area contributed by atoms with Crippen molar-refractivity contribution in [1.82, 2.24) is 10.2 Å². The van der Waals surface area contributed by atoms with Crippen LogP contribution >= 0.6 is 0 Å². The third-order valence-corrected chi connectivity index (χ3v) is 5.60. The summed E-state index contributed by atoms with van der Waals surface area (Å²) in [5.41, 5.74) is 0.406. The summed E-state index contributed by atoms with van der Waals surface area (Å²) in [5, 5.41) is 3.84. The van der Waals surface area contributed by atoms with Crippen molar-refractivity contribution in [3.8, 4) is 0 Å². The predicted octanol–water partition coefficient (Wildman–Crippen LogP) is 3.03. The lowest BCUT2D eigenvalue weighted by Gasteiger charge is -2.49. The zero-order valence-electron chi connectivity index (χ0n) is 12.4. The first-order valence-corrected chi connectivity index (χ1v) is 8.13. The van der Waals surface area contributed by atoms with Gasteiger partial charge in [-0.2, -0.15) is 0 Å². The molecule has 3 aliphatic rings. The van der Waals surface area contributed by atoms with E-state index in [2.05, 4.69) is 31.0 Å². The predicted molar refractivity (Wildman–Crippen MR) is 76.7 cm³/mol. The number of hydrogen-bond acceptors (Lipinski definition) is 2. The second-order valence-corrected chi connectivity index (χ2v) is 7.34. The average Bonchev–Trinajstić information content (AvgIpc) is 3.21. The number of nitrogens with zero attached hydrogens (tertiary/aromatic N) is 1. The largest absolute Gasteiger partial charge is 0.308 e. The number of hydrogen-bond donors (Lipinski definition) is 1. The fraction of sp³-hybridized carbons (Fsp3) is 1.00. The maximum Gasteiger partial charge on any atom is 0.0309 e. The molecule has 2 aliphatic carbocycles. The van der Waals surface area contributed by atoms with Crippen molar-refractivity contribution >= 4 is 0 Å². The summed E-state index contributed by atoms with van der Waals surface area (Å²) in [6.07, 6.45) is 8.69. The highest BCUT2D eigenvalue weighted by Crippen LogP contribution is 2.43. The van der Waals surface area contributed by atoms with Crippen molar-refractivity contribution in [2.24, 2.45) is 11.8 Å².